The van der Waals surface area contributed by atoms with Crippen molar-refractivity contribution in [1.82, 2.24) is 0 Å². The minimum Gasteiger partial charge on any atom is -0.478 e. The summed E-state index contributed by atoms with van der Waals surface area (Å²) < 4.78 is 3.25. The van der Waals surface area contributed by atoms with Gasteiger partial charge < -0.3 is 48.6 Å². The van der Waals surface area contributed by atoms with Crippen LogP contribution in [0.15, 0.2) is 12.2 Å². The van der Waals surface area contributed by atoms with E-state index in [0.29, 0.717) is 12.2 Å². The summed E-state index contributed by atoms with van der Waals surface area (Å²) in [7, 11) is -9.22. The molecule has 0 heterocycles. The minimum absolute atomic E-state index is 0.149. The summed E-state index contributed by atoms with van der Waals surface area (Å²) in [6.07, 6.45) is 6.95. The molecule has 0 aromatic rings. The molecule has 0 aliphatic carbocycles. The third kappa shape index (κ3) is 127. The third-order valence-electron chi connectivity index (χ3n) is 1.78. The fraction of sp³-hybridized carbons (Fsp3) is 0.667. The average Bonchev–Trinajstić information content (AvgIpc) is 2.42. The molecule has 12 nitrogen and oxygen atoms in total. The number of carboxylic acids is 2. The fourth-order valence-electron chi connectivity index (χ4n) is 0.871. The van der Waals surface area contributed by atoms with Crippen LogP contribution in [-0.2, 0) is 9.59 Å². The Labute approximate surface area is 169 Å². The molecular formula is C12H30O12Si2Sn. The van der Waals surface area contributed by atoms with Gasteiger partial charge in [0.2, 0.25) is 0 Å². The van der Waals surface area contributed by atoms with E-state index in [1.807, 2.05) is 0 Å². The summed E-state index contributed by atoms with van der Waals surface area (Å²) in [5.41, 5.74) is 0. The van der Waals surface area contributed by atoms with Crippen molar-refractivity contribution in [2.45, 2.75) is 48.4 Å². The molecule has 0 aromatic carbocycles. The van der Waals surface area contributed by atoms with Crippen molar-refractivity contribution < 1.29 is 58.2 Å². The predicted octanol–water partition coefficient (Wildman–Crippen LogP) is -2.38. The Kier molecular flexibility index (Phi) is 27.7. The van der Waals surface area contributed by atoms with E-state index in [2.05, 4.69) is 13.8 Å². The Balaban J connectivity index is -0.000000135. The molecule has 0 aliphatic heterocycles. The average molecular weight is 541 g/mol. The molecule has 0 bridgehead atoms. The van der Waals surface area contributed by atoms with E-state index in [4.69, 9.17) is 48.6 Å². The van der Waals surface area contributed by atoms with E-state index in [-0.39, 0.29) is 21.1 Å². The Morgan fingerprint density at radius 2 is 0.926 bits per heavy atom. The van der Waals surface area contributed by atoms with Crippen LogP contribution in [0.25, 0.3) is 0 Å². The summed E-state index contributed by atoms with van der Waals surface area (Å²) in [6, 6.07) is 0. The summed E-state index contributed by atoms with van der Waals surface area (Å²) in [6.45, 7) is 4.58. The molecule has 162 valence electrons. The first-order chi connectivity index (χ1) is 12.0. The fourth-order valence-corrected chi connectivity index (χ4v) is 5.03. The normalized spacial score (nSPS) is 10.6. The first-order valence-electron chi connectivity index (χ1n) is 7.68. The van der Waals surface area contributed by atoms with E-state index >= 15 is 0 Å². The standard InChI is InChI=1S/C4H4O4.2C4H9.2H4O4Si.Sn/c5-3(6)1-2-4(7)8;2*1-3-4-2;2*1-5(2,3)4;/h1-2H,(H,5,6)(H,7,8);2*1,3-4H2,2H3;2*1-4H;/b2-1-;;;;;. The van der Waals surface area contributed by atoms with Gasteiger partial charge in [0.05, 0.1) is 0 Å². The van der Waals surface area contributed by atoms with Crippen molar-refractivity contribution in [1.29, 1.82) is 0 Å². The molecule has 0 unspecified atom stereocenters. The molecule has 0 aliphatic rings. The van der Waals surface area contributed by atoms with E-state index in [1.54, 1.807) is 8.87 Å². The molecule has 10 N–H and O–H groups in total. The molecule has 15 heteroatoms. The Morgan fingerprint density at radius 3 is 1.07 bits per heavy atom. The molecule has 2 radical (unpaired) electrons. The zero-order valence-electron chi connectivity index (χ0n) is 15.2. The van der Waals surface area contributed by atoms with Crippen LogP contribution in [0.3, 0.4) is 0 Å². The maximum Gasteiger partial charge on any atom is 0.668 e. The van der Waals surface area contributed by atoms with E-state index in [1.165, 1.54) is 25.7 Å². The number of carbonyl (C=O) groups is 2. The van der Waals surface area contributed by atoms with Gasteiger partial charge in [-0.3, -0.25) is 0 Å². The number of unbranched alkanes of at least 4 members (excludes halogenated alkanes) is 2. The van der Waals surface area contributed by atoms with Crippen molar-refractivity contribution in [2.75, 3.05) is 0 Å². The summed E-state index contributed by atoms with van der Waals surface area (Å²) >= 11 is 0.149. The maximum absolute atomic E-state index is 9.55. The van der Waals surface area contributed by atoms with E-state index in [0.717, 1.165) is 0 Å². The van der Waals surface area contributed by atoms with Crippen LogP contribution in [0.1, 0.15) is 39.5 Å². The second-order valence-corrected chi connectivity index (χ2v) is 11.3. The first-order valence-corrected chi connectivity index (χ1v) is 15.3. The second kappa shape index (κ2) is 21.9. The number of carboxylic acid groups (broad SMARTS) is 2. The zero-order valence-corrected chi connectivity index (χ0v) is 20.0. The Morgan fingerprint density at radius 1 is 0.704 bits per heavy atom. The van der Waals surface area contributed by atoms with Crippen molar-refractivity contribution >= 4 is 51.2 Å². The third-order valence-corrected chi connectivity index (χ3v) is 5.82. The van der Waals surface area contributed by atoms with Gasteiger partial charge in [-0.05, 0) is 0 Å². The molecular weight excluding hydrogens is 511 g/mol. The van der Waals surface area contributed by atoms with Gasteiger partial charge in [-0.2, -0.15) is 0 Å². The summed E-state index contributed by atoms with van der Waals surface area (Å²) in [5, 5.41) is 15.6. The van der Waals surface area contributed by atoms with Gasteiger partial charge in [-0.1, -0.05) is 0 Å². The molecule has 0 saturated carbocycles. The minimum atomic E-state index is -4.61. The monoisotopic (exact) mass is 542 g/mol. The van der Waals surface area contributed by atoms with Crippen LogP contribution < -0.4 is 0 Å². The number of hydrogen-bond acceptors (Lipinski definition) is 10. The zero-order chi connectivity index (χ0) is 22.5. The summed E-state index contributed by atoms with van der Waals surface area (Å²) in [4.78, 5) is 77.7. The van der Waals surface area contributed by atoms with Crippen molar-refractivity contribution in [2.24, 2.45) is 0 Å². The van der Waals surface area contributed by atoms with Gasteiger partial charge in [0.1, 0.15) is 0 Å². The molecule has 0 spiro atoms. The number of rotatable bonds is 8. The maximum atomic E-state index is 9.55. The van der Waals surface area contributed by atoms with Crippen LogP contribution in [0.5, 0.6) is 0 Å². The Hall–Kier alpha value is -0.408. The quantitative estimate of drug-likeness (QED) is 0.0881. The van der Waals surface area contributed by atoms with Crippen LogP contribution in [0.4, 0.5) is 0 Å². The number of aliphatic carboxylic acids is 2. The Bertz CT molecular complexity index is 336. The first kappa shape index (κ1) is 34.1. The number of hydrogen-bond donors (Lipinski definition) is 10. The van der Waals surface area contributed by atoms with Crippen LogP contribution in [-0.4, -0.2) is 99.8 Å². The second-order valence-electron chi connectivity index (χ2n) is 4.67. The van der Waals surface area contributed by atoms with Gasteiger partial charge in [0.15, 0.2) is 0 Å². The topological polar surface area (TPSA) is 236 Å². The van der Waals surface area contributed by atoms with Crippen LogP contribution >= 0.6 is 0 Å². The van der Waals surface area contributed by atoms with Crippen LogP contribution in [0, 0.1) is 0 Å². The molecule has 0 saturated heterocycles. The molecule has 0 amide bonds. The molecule has 0 aromatic heterocycles. The van der Waals surface area contributed by atoms with Crippen molar-refractivity contribution in [3.05, 3.63) is 12.2 Å². The van der Waals surface area contributed by atoms with Crippen LogP contribution in [0.2, 0.25) is 8.87 Å². The van der Waals surface area contributed by atoms with Crippen molar-refractivity contribution in [3.8, 4) is 0 Å². The smallest absolute Gasteiger partial charge is 0.478 e. The molecule has 0 fully saturated rings. The van der Waals surface area contributed by atoms with E-state index < -0.39 is 30.0 Å². The summed E-state index contributed by atoms with van der Waals surface area (Å²) in [5.74, 6) is -2.51. The van der Waals surface area contributed by atoms with Gasteiger partial charge in [-0.25, -0.2) is 9.59 Å². The molecule has 0 rings (SSSR count). The SMILES string of the molecule is CCC[CH2][Sn][CH2]CCC.O=C(O)/C=C\C(=O)O.O[Si](O)(O)O.O[Si](O)(O)O. The van der Waals surface area contributed by atoms with Gasteiger partial charge in [0, 0.05) is 12.2 Å². The van der Waals surface area contributed by atoms with Gasteiger partial charge >= 0.3 is 99.6 Å². The predicted molar refractivity (Wildman–Crippen MR) is 98.9 cm³/mol. The van der Waals surface area contributed by atoms with Crippen molar-refractivity contribution in [3.63, 3.8) is 0 Å². The van der Waals surface area contributed by atoms with Gasteiger partial charge in [-0.15, -0.1) is 0 Å². The molecule has 0 atom stereocenters. The van der Waals surface area contributed by atoms with E-state index in [9.17, 15) is 9.59 Å². The van der Waals surface area contributed by atoms with Gasteiger partial charge in [0.25, 0.3) is 0 Å². The molecule has 27 heavy (non-hydrogen) atoms. The largest absolute Gasteiger partial charge is 0.668 e.